The number of hydrogen-bond acceptors (Lipinski definition) is 4. The maximum absolute atomic E-state index is 12.1. The highest BCUT2D eigenvalue weighted by Gasteiger charge is 2.34. The first-order valence-electron chi connectivity index (χ1n) is 7.09. The summed E-state index contributed by atoms with van der Waals surface area (Å²) in [6.45, 7) is 0.577. The van der Waals surface area contributed by atoms with Crippen molar-refractivity contribution in [1.82, 2.24) is 9.62 Å². The molecule has 0 bridgehead atoms. The summed E-state index contributed by atoms with van der Waals surface area (Å²) in [5.74, 6) is -0.365. The summed E-state index contributed by atoms with van der Waals surface area (Å²) in [6, 6.07) is 6.06. The molecule has 0 saturated carbocycles. The normalized spacial score (nSPS) is 21.4. The smallest absolute Gasteiger partial charge is 0.319 e. The molecule has 1 aromatic carbocycles. The van der Waals surface area contributed by atoms with Crippen LogP contribution in [-0.2, 0) is 14.8 Å². The van der Waals surface area contributed by atoms with Gasteiger partial charge in [0.2, 0.25) is 10.0 Å². The second-order valence-electron chi connectivity index (χ2n) is 5.54. The fourth-order valence-electron chi connectivity index (χ4n) is 2.23. The van der Waals surface area contributed by atoms with Crippen LogP contribution in [0.1, 0.15) is 0 Å². The van der Waals surface area contributed by atoms with E-state index in [1.54, 1.807) is 24.3 Å². The lowest BCUT2D eigenvalue weighted by molar-refractivity contribution is 0.184. The van der Waals surface area contributed by atoms with E-state index in [1.165, 1.54) is 18.4 Å². The lowest BCUT2D eigenvalue weighted by Crippen LogP contribution is -2.45. The zero-order valence-electron chi connectivity index (χ0n) is 13.0. The molecule has 0 radical (unpaired) electrons. The largest absolute Gasteiger partial charge is 0.379 e. The number of carbonyl (C=O) groups is 1. The van der Waals surface area contributed by atoms with E-state index >= 15 is 0 Å². The number of urea groups is 1. The molecule has 0 aliphatic carbocycles. The third kappa shape index (κ3) is 4.81. The van der Waals surface area contributed by atoms with Gasteiger partial charge < -0.3 is 15.4 Å². The van der Waals surface area contributed by atoms with Crippen LogP contribution >= 0.6 is 11.6 Å². The van der Waals surface area contributed by atoms with E-state index in [0.717, 1.165) is 0 Å². The molecule has 1 saturated heterocycles. The van der Waals surface area contributed by atoms with Gasteiger partial charge in [-0.1, -0.05) is 23.7 Å². The molecule has 1 aromatic rings. The van der Waals surface area contributed by atoms with Gasteiger partial charge in [-0.3, -0.25) is 0 Å². The SMILES string of the molecule is CN(C)S(=O)(=O)C[C@@H]1COC[C@@H]1NC(=O)Nc1ccccc1Cl. The van der Waals surface area contributed by atoms with E-state index in [9.17, 15) is 13.2 Å². The number of para-hydroxylation sites is 1. The Balaban J connectivity index is 1.96. The third-order valence-corrected chi connectivity index (χ3v) is 5.91. The van der Waals surface area contributed by atoms with Gasteiger partial charge in [0.05, 0.1) is 35.7 Å². The van der Waals surface area contributed by atoms with Crippen LogP contribution in [0.5, 0.6) is 0 Å². The standard InChI is InChI=1S/C14H20ClN3O4S/c1-18(2)23(20,21)9-10-7-22-8-13(10)17-14(19)16-12-6-4-3-5-11(12)15/h3-6,10,13H,7-9H2,1-2H3,(H2,16,17,19)/t10-,13-/m0/s1. The Morgan fingerprint density at radius 1 is 1.35 bits per heavy atom. The van der Waals surface area contributed by atoms with Crippen molar-refractivity contribution in [3.05, 3.63) is 29.3 Å². The van der Waals surface area contributed by atoms with Gasteiger partial charge in [0, 0.05) is 20.0 Å². The zero-order valence-corrected chi connectivity index (χ0v) is 14.5. The van der Waals surface area contributed by atoms with Gasteiger partial charge in [-0.05, 0) is 12.1 Å². The number of anilines is 1. The second-order valence-corrected chi connectivity index (χ2v) is 8.18. The molecule has 0 spiro atoms. The van der Waals surface area contributed by atoms with Crippen molar-refractivity contribution in [2.45, 2.75) is 6.04 Å². The van der Waals surface area contributed by atoms with Crippen LogP contribution in [-0.4, -0.2) is 57.9 Å². The summed E-state index contributed by atoms with van der Waals surface area (Å²) < 4.78 is 30.4. The molecule has 1 aliphatic rings. The van der Waals surface area contributed by atoms with Crippen molar-refractivity contribution in [2.24, 2.45) is 5.92 Å². The third-order valence-electron chi connectivity index (χ3n) is 3.62. The van der Waals surface area contributed by atoms with Gasteiger partial charge in [-0.15, -0.1) is 0 Å². The van der Waals surface area contributed by atoms with Crippen molar-refractivity contribution in [3.8, 4) is 0 Å². The number of carbonyl (C=O) groups excluding carboxylic acids is 1. The Hall–Kier alpha value is -1.35. The molecule has 2 N–H and O–H groups in total. The van der Waals surface area contributed by atoms with Crippen molar-refractivity contribution in [3.63, 3.8) is 0 Å². The van der Waals surface area contributed by atoms with Crippen LogP contribution < -0.4 is 10.6 Å². The van der Waals surface area contributed by atoms with Gasteiger partial charge in [-0.25, -0.2) is 17.5 Å². The summed E-state index contributed by atoms with van der Waals surface area (Å²) in [5, 5.41) is 5.82. The average Bonchev–Trinajstić information content (AvgIpc) is 2.87. The van der Waals surface area contributed by atoms with Crippen LogP contribution in [0.25, 0.3) is 0 Å². The van der Waals surface area contributed by atoms with Gasteiger partial charge >= 0.3 is 6.03 Å². The van der Waals surface area contributed by atoms with Crippen LogP contribution in [0.2, 0.25) is 5.02 Å². The van der Waals surface area contributed by atoms with Crippen LogP contribution in [0.3, 0.4) is 0 Å². The molecular formula is C14H20ClN3O4S. The molecule has 0 aromatic heterocycles. The number of hydrogen-bond donors (Lipinski definition) is 2. The first-order valence-corrected chi connectivity index (χ1v) is 9.08. The number of nitrogens with one attached hydrogen (secondary N) is 2. The van der Waals surface area contributed by atoms with Crippen LogP contribution in [0, 0.1) is 5.92 Å². The topological polar surface area (TPSA) is 87.7 Å². The van der Waals surface area contributed by atoms with Crippen molar-refractivity contribution >= 4 is 33.3 Å². The Labute approximate surface area is 141 Å². The van der Waals surface area contributed by atoms with Crippen LogP contribution in [0.15, 0.2) is 24.3 Å². The van der Waals surface area contributed by atoms with Gasteiger partial charge in [0.15, 0.2) is 0 Å². The van der Waals surface area contributed by atoms with Gasteiger partial charge in [-0.2, -0.15) is 0 Å². The Morgan fingerprint density at radius 3 is 2.70 bits per heavy atom. The van der Waals surface area contributed by atoms with Crippen molar-refractivity contribution < 1.29 is 17.9 Å². The predicted octanol–water partition coefficient (Wildman–Crippen LogP) is 1.37. The number of halogens is 1. The molecule has 2 atom stereocenters. The molecule has 7 nitrogen and oxygen atoms in total. The quantitative estimate of drug-likeness (QED) is 0.829. The minimum Gasteiger partial charge on any atom is -0.379 e. The summed E-state index contributed by atoms with van der Waals surface area (Å²) in [7, 11) is -0.388. The Kier molecular flexibility index (Phi) is 5.85. The maximum Gasteiger partial charge on any atom is 0.319 e. The second kappa shape index (κ2) is 7.48. The molecular weight excluding hydrogens is 342 g/mol. The van der Waals surface area contributed by atoms with Crippen LogP contribution in [0.4, 0.5) is 10.5 Å². The number of nitrogens with zero attached hydrogens (tertiary/aromatic N) is 1. The molecule has 0 unspecified atom stereocenters. The molecule has 2 amide bonds. The van der Waals surface area contributed by atoms with Gasteiger partial charge in [0.1, 0.15) is 0 Å². The molecule has 2 rings (SSSR count). The number of amides is 2. The Morgan fingerprint density at radius 2 is 2.04 bits per heavy atom. The number of benzene rings is 1. The van der Waals surface area contributed by atoms with E-state index in [-0.39, 0.29) is 24.3 Å². The minimum atomic E-state index is -3.36. The molecule has 1 heterocycles. The molecule has 1 fully saturated rings. The summed E-state index contributed by atoms with van der Waals surface area (Å²) in [4.78, 5) is 12.1. The Bertz CT molecular complexity index is 666. The molecule has 23 heavy (non-hydrogen) atoms. The monoisotopic (exact) mass is 361 g/mol. The predicted molar refractivity (Wildman–Crippen MR) is 89.2 cm³/mol. The van der Waals surface area contributed by atoms with E-state index < -0.39 is 16.1 Å². The lowest BCUT2D eigenvalue weighted by Gasteiger charge is -2.21. The number of rotatable bonds is 5. The first kappa shape index (κ1) is 18.0. The zero-order chi connectivity index (χ0) is 17.0. The van der Waals surface area contributed by atoms with Crippen molar-refractivity contribution in [2.75, 3.05) is 38.4 Å². The average molecular weight is 362 g/mol. The van der Waals surface area contributed by atoms with E-state index in [4.69, 9.17) is 16.3 Å². The fourth-order valence-corrected chi connectivity index (χ4v) is 3.58. The maximum atomic E-state index is 12.1. The summed E-state index contributed by atoms with van der Waals surface area (Å²) in [5.41, 5.74) is 0.489. The summed E-state index contributed by atoms with van der Waals surface area (Å²) >= 11 is 5.98. The minimum absolute atomic E-state index is 0.0724. The van der Waals surface area contributed by atoms with Crippen molar-refractivity contribution in [1.29, 1.82) is 0 Å². The lowest BCUT2D eigenvalue weighted by atomic mass is 10.1. The highest BCUT2D eigenvalue weighted by molar-refractivity contribution is 7.89. The molecule has 128 valence electrons. The van der Waals surface area contributed by atoms with E-state index in [2.05, 4.69) is 10.6 Å². The highest BCUT2D eigenvalue weighted by atomic mass is 35.5. The summed E-state index contributed by atoms with van der Waals surface area (Å²) in [6.07, 6.45) is 0. The van der Waals surface area contributed by atoms with E-state index in [0.29, 0.717) is 17.3 Å². The molecule has 1 aliphatic heterocycles. The number of sulfonamides is 1. The first-order chi connectivity index (χ1) is 10.8. The van der Waals surface area contributed by atoms with Gasteiger partial charge in [0.25, 0.3) is 0 Å². The molecule has 9 heteroatoms. The highest BCUT2D eigenvalue weighted by Crippen LogP contribution is 2.21. The van der Waals surface area contributed by atoms with E-state index in [1.807, 2.05) is 0 Å². The number of ether oxygens (including phenoxy) is 1. The fraction of sp³-hybridized carbons (Fsp3) is 0.500.